The van der Waals surface area contributed by atoms with Gasteiger partial charge in [-0.05, 0) is 18.9 Å². The van der Waals surface area contributed by atoms with E-state index in [1.165, 1.54) is 0 Å². The summed E-state index contributed by atoms with van der Waals surface area (Å²) in [6, 6.07) is -0.00162. The average Bonchev–Trinajstić information content (AvgIpc) is 3.26. The minimum atomic E-state index is -0.0588. The van der Waals surface area contributed by atoms with Crippen molar-refractivity contribution >= 4 is 5.91 Å². The third kappa shape index (κ3) is 4.10. The van der Waals surface area contributed by atoms with Gasteiger partial charge in [-0.15, -0.1) is 0 Å². The van der Waals surface area contributed by atoms with Crippen molar-refractivity contribution in [3.05, 3.63) is 18.0 Å². The van der Waals surface area contributed by atoms with Crippen LogP contribution in [0.3, 0.4) is 0 Å². The number of hydrogen-bond acceptors (Lipinski definition) is 5. The van der Waals surface area contributed by atoms with Crippen LogP contribution in [0.1, 0.15) is 24.8 Å². The lowest BCUT2D eigenvalue weighted by molar-refractivity contribution is -0.126. The van der Waals surface area contributed by atoms with Crippen molar-refractivity contribution in [1.82, 2.24) is 20.4 Å². The van der Waals surface area contributed by atoms with Gasteiger partial charge >= 0.3 is 0 Å². The first-order valence-corrected chi connectivity index (χ1v) is 8.32. The second-order valence-corrected chi connectivity index (χ2v) is 6.55. The zero-order chi connectivity index (χ0) is 16.2. The Balaban J connectivity index is 1.50. The molecule has 0 radical (unpaired) electrons. The first kappa shape index (κ1) is 16.4. The van der Waals surface area contributed by atoms with Gasteiger partial charge in [0, 0.05) is 44.9 Å². The molecule has 2 fully saturated rings. The number of aromatic nitrogens is 2. The van der Waals surface area contributed by atoms with Crippen LogP contribution in [0.2, 0.25) is 0 Å². The molecule has 0 saturated carbocycles. The summed E-state index contributed by atoms with van der Waals surface area (Å²) in [4.78, 5) is 12.6. The zero-order valence-electron chi connectivity index (χ0n) is 13.8. The van der Waals surface area contributed by atoms with Crippen molar-refractivity contribution in [3.63, 3.8) is 0 Å². The summed E-state index contributed by atoms with van der Waals surface area (Å²) >= 11 is 0. The van der Waals surface area contributed by atoms with E-state index in [0.29, 0.717) is 19.8 Å². The SMILES string of the molecule is CC(COC1CCOC1)NC(=O)[C@H]1CNC[C@@H]1c1cnn(C)c1. The highest BCUT2D eigenvalue weighted by molar-refractivity contribution is 5.80. The Morgan fingerprint density at radius 1 is 1.61 bits per heavy atom. The van der Waals surface area contributed by atoms with E-state index >= 15 is 0 Å². The first-order chi connectivity index (χ1) is 11.1. The monoisotopic (exact) mass is 322 g/mol. The molecule has 2 aliphatic heterocycles. The normalized spacial score (nSPS) is 28.9. The third-order valence-corrected chi connectivity index (χ3v) is 4.56. The number of aryl methyl sites for hydroxylation is 1. The lowest BCUT2D eigenvalue weighted by atomic mass is 9.90. The van der Waals surface area contributed by atoms with Crippen LogP contribution in [0.15, 0.2) is 12.4 Å². The molecule has 1 aromatic heterocycles. The maximum Gasteiger partial charge on any atom is 0.225 e. The lowest BCUT2D eigenvalue weighted by Crippen LogP contribution is -2.42. The topological polar surface area (TPSA) is 77.4 Å². The van der Waals surface area contributed by atoms with E-state index < -0.39 is 0 Å². The number of nitrogens with one attached hydrogen (secondary N) is 2. The second kappa shape index (κ2) is 7.42. The second-order valence-electron chi connectivity index (χ2n) is 6.55. The van der Waals surface area contributed by atoms with Gasteiger partial charge < -0.3 is 20.1 Å². The van der Waals surface area contributed by atoms with Gasteiger partial charge in [-0.25, -0.2) is 0 Å². The Hall–Kier alpha value is -1.44. The fraction of sp³-hybridized carbons (Fsp3) is 0.750. The molecule has 3 heterocycles. The molecule has 2 N–H and O–H groups in total. The molecular weight excluding hydrogens is 296 g/mol. The van der Waals surface area contributed by atoms with Gasteiger partial charge in [0.1, 0.15) is 0 Å². The van der Waals surface area contributed by atoms with Crippen LogP contribution < -0.4 is 10.6 Å². The van der Waals surface area contributed by atoms with Crippen molar-refractivity contribution in [2.24, 2.45) is 13.0 Å². The van der Waals surface area contributed by atoms with Crippen molar-refractivity contribution in [1.29, 1.82) is 0 Å². The average molecular weight is 322 g/mol. The van der Waals surface area contributed by atoms with E-state index in [1.54, 1.807) is 4.68 Å². The van der Waals surface area contributed by atoms with Crippen molar-refractivity contribution in [2.45, 2.75) is 31.4 Å². The Bertz CT molecular complexity index is 527. The van der Waals surface area contributed by atoms with Gasteiger partial charge in [0.2, 0.25) is 5.91 Å². The minimum absolute atomic E-state index is 0.00162. The van der Waals surface area contributed by atoms with E-state index in [1.807, 2.05) is 26.4 Å². The van der Waals surface area contributed by atoms with E-state index in [-0.39, 0.29) is 29.9 Å². The molecule has 0 aliphatic carbocycles. The molecule has 23 heavy (non-hydrogen) atoms. The lowest BCUT2D eigenvalue weighted by Gasteiger charge is -2.21. The van der Waals surface area contributed by atoms with Gasteiger partial charge in [0.15, 0.2) is 0 Å². The number of nitrogens with zero attached hydrogens (tertiary/aromatic N) is 2. The fourth-order valence-electron chi connectivity index (χ4n) is 3.25. The molecule has 3 rings (SSSR count). The number of carbonyl (C=O) groups excluding carboxylic acids is 1. The molecule has 7 heteroatoms. The van der Waals surface area contributed by atoms with Crippen molar-refractivity contribution in [2.75, 3.05) is 32.9 Å². The van der Waals surface area contributed by atoms with Gasteiger partial charge in [0.25, 0.3) is 0 Å². The van der Waals surface area contributed by atoms with E-state index in [2.05, 4.69) is 15.7 Å². The Morgan fingerprint density at radius 3 is 3.17 bits per heavy atom. The minimum Gasteiger partial charge on any atom is -0.379 e. The molecule has 0 spiro atoms. The smallest absolute Gasteiger partial charge is 0.225 e. The van der Waals surface area contributed by atoms with Crippen LogP contribution in [-0.4, -0.2) is 60.7 Å². The zero-order valence-corrected chi connectivity index (χ0v) is 13.8. The predicted molar refractivity (Wildman–Crippen MR) is 85.1 cm³/mol. The maximum absolute atomic E-state index is 12.6. The Kier molecular flexibility index (Phi) is 5.30. The molecule has 1 amide bonds. The number of rotatable bonds is 6. The summed E-state index contributed by atoms with van der Waals surface area (Å²) in [5.41, 5.74) is 1.12. The summed E-state index contributed by atoms with van der Waals surface area (Å²) in [6.07, 6.45) is 4.96. The summed E-state index contributed by atoms with van der Waals surface area (Å²) in [5, 5.41) is 10.6. The number of hydrogen-bond donors (Lipinski definition) is 2. The highest BCUT2D eigenvalue weighted by atomic mass is 16.5. The van der Waals surface area contributed by atoms with Crippen LogP contribution in [0.4, 0.5) is 0 Å². The van der Waals surface area contributed by atoms with Crippen LogP contribution in [0.25, 0.3) is 0 Å². The van der Waals surface area contributed by atoms with E-state index in [4.69, 9.17) is 9.47 Å². The Labute approximate surface area is 136 Å². The Morgan fingerprint density at radius 2 is 2.48 bits per heavy atom. The summed E-state index contributed by atoms with van der Waals surface area (Å²) < 4.78 is 12.8. The van der Waals surface area contributed by atoms with E-state index in [9.17, 15) is 4.79 Å². The highest BCUT2D eigenvalue weighted by Gasteiger charge is 2.35. The fourth-order valence-corrected chi connectivity index (χ4v) is 3.25. The predicted octanol–water partition coefficient (Wildman–Crippen LogP) is 0.0333. The maximum atomic E-state index is 12.6. The standard InChI is InChI=1S/C16H26N4O3/c1-11(9-23-13-3-4-22-10-13)19-16(21)15-7-17-6-14(15)12-5-18-20(2)8-12/h5,8,11,13-15,17H,3-4,6-7,9-10H2,1-2H3,(H,19,21)/t11?,13?,14-,15+/m1/s1. The largest absolute Gasteiger partial charge is 0.379 e. The molecule has 4 atom stereocenters. The molecule has 128 valence electrons. The van der Waals surface area contributed by atoms with Crippen LogP contribution in [0, 0.1) is 5.92 Å². The quantitative estimate of drug-likeness (QED) is 0.773. The molecular formula is C16H26N4O3. The van der Waals surface area contributed by atoms with Gasteiger partial charge in [-0.2, -0.15) is 5.10 Å². The van der Waals surface area contributed by atoms with Crippen LogP contribution in [-0.2, 0) is 21.3 Å². The number of ether oxygens (including phenoxy) is 2. The molecule has 2 unspecified atom stereocenters. The molecule has 0 aromatic carbocycles. The van der Waals surface area contributed by atoms with Crippen molar-refractivity contribution in [3.8, 4) is 0 Å². The summed E-state index contributed by atoms with van der Waals surface area (Å²) in [7, 11) is 1.90. The summed E-state index contributed by atoms with van der Waals surface area (Å²) in [5.74, 6) is 0.208. The van der Waals surface area contributed by atoms with Crippen LogP contribution >= 0.6 is 0 Å². The van der Waals surface area contributed by atoms with Gasteiger partial charge in [-0.1, -0.05) is 0 Å². The summed E-state index contributed by atoms with van der Waals surface area (Å²) in [6.45, 7) is 5.46. The van der Waals surface area contributed by atoms with Crippen LogP contribution in [0.5, 0.6) is 0 Å². The van der Waals surface area contributed by atoms with E-state index in [0.717, 1.165) is 25.1 Å². The molecule has 2 saturated heterocycles. The third-order valence-electron chi connectivity index (χ3n) is 4.56. The molecule has 0 bridgehead atoms. The molecule has 7 nitrogen and oxygen atoms in total. The van der Waals surface area contributed by atoms with Gasteiger partial charge in [0.05, 0.1) is 31.4 Å². The number of amides is 1. The molecule has 2 aliphatic rings. The van der Waals surface area contributed by atoms with Gasteiger partial charge in [-0.3, -0.25) is 9.48 Å². The first-order valence-electron chi connectivity index (χ1n) is 8.32. The highest BCUT2D eigenvalue weighted by Crippen LogP contribution is 2.28. The number of carbonyl (C=O) groups is 1. The molecule has 1 aromatic rings. The van der Waals surface area contributed by atoms with Crippen molar-refractivity contribution < 1.29 is 14.3 Å².